The molecule has 0 aliphatic rings. The van der Waals surface area contributed by atoms with E-state index in [1.54, 1.807) is 48.8 Å². The summed E-state index contributed by atoms with van der Waals surface area (Å²) in [5, 5.41) is 12.7. The Hall–Kier alpha value is -3.48. The fraction of sp³-hybridized carbons (Fsp3) is 0.0833. The van der Waals surface area contributed by atoms with E-state index >= 15 is 0 Å². The Bertz CT molecular complexity index is 1070. The van der Waals surface area contributed by atoms with Gasteiger partial charge in [-0.25, -0.2) is 0 Å². The lowest BCUT2D eigenvalue weighted by Gasteiger charge is -2.20. The minimum Gasteiger partial charge on any atom is -0.457 e. The molecule has 0 saturated carbocycles. The van der Waals surface area contributed by atoms with E-state index in [-0.39, 0.29) is 0 Å². The summed E-state index contributed by atoms with van der Waals surface area (Å²) >= 11 is 1.40. The van der Waals surface area contributed by atoms with Crippen molar-refractivity contribution in [1.82, 2.24) is 4.98 Å². The lowest BCUT2D eigenvalue weighted by Crippen LogP contribution is -2.24. The third-order valence-corrected chi connectivity index (χ3v) is 5.42. The highest BCUT2D eigenvalue weighted by atomic mass is 32.1. The largest absolute Gasteiger partial charge is 0.457 e. The Morgan fingerprint density at radius 3 is 2.27 bits per heavy atom. The van der Waals surface area contributed by atoms with E-state index in [1.165, 1.54) is 11.3 Å². The number of nitrogens with zero attached hydrogens (tertiary/aromatic N) is 1. The molecule has 2 aromatic heterocycles. The number of aromatic nitrogens is 1. The molecule has 0 radical (unpaired) electrons. The summed E-state index contributed by atoms with van der Waals surface area (Å²) in [6, 6.07) is 23.3. The highest BCUT2D eigenvalue weighted by Gasteiger charge is 2.32. The predicted molar refractivity (Wildman–Crippen MR) is 115 cm³/mol. The number of carbonyl (C=O) groups is 1. The molecule has 1 N–H and O–H groups in total. The van der Waals surface area contributed by atoms with Crippen molar-refractivity contribution in [2.45, 2.75) is 12.0 Å². The third-order valence-electron chi connectivity index (χ3n) is 4.47. The first-order chi connectivity index (χ1) is 14.7. The maximum atomic E-state index is 13.0. The van der Waals surface area contributed by atoms with E-state index in [2.05, 4.69) is 4.98 Å². The zero-order chi connectivity index (χ0) is 20.8. The van der Waals surface area contributed by atoms with E-state index in [1.807, 2.05) is 47.8 Å². The number of aliphatic hydroxyl groups excluding tert-OH is 1. The number of hydrogen-bond donors (Lipinski definition) is 1. The molecule has 2 aromatic carbocycles. The fourth-order valence-corrected chi connectivity index (χ4v) is 3.84. The summed E-state index contributed by atoms with van der Waals surface area (Å²) in [7, 11) is 0. The van der Waals surface area contributed by atoms with Crippen molar-refractivity contribution in [3.63, 3.8) is 0 Å². The van der Waals surface area contributed by atoms with Crippen LogP contribution in [0, 0.1) is 0 Å². The molecule has 2 heterocycles. The molecule has 0 fully saturated rings. The summed E-state index contributed by atoms with van der Waals surface area (Å²) in [4.78, 5) is 17.7. The molecule has 0 amide bonds. The average Bonchev–Trinajstić information content (AvgIpc) is 3.31. The highest BCUT2D eigenvalue weighted by Crippen LogP contribution is 2.35. The Balaban J connectivity index is 1.50. The monoisotopic (exact) mass is 417 g/mol. The van der Waals surface area contributed by atoms with E-state index in [0.29, 0.717) is 17.1 Å². The Kier molecular flexibility index (Phi) is 6.17. The van der Waals surface area contributed by atoms with Crippen LogP contribution in [0.15, 0.2) is 96.6 Å². The van der Waals surface area contributed by atoms with E-state index < -0.39 is 18.0 Å². The van der Waals surface area contributed by atoms with Crippen LogP contribution in [0.3, 0.4) is 0 Å². The van der Waals surface area contributed by atoms with Crippen molar-refractivity contribution in [1.29, 1.82) is 0 Å². The molecule has 4 aromatic rings. The first-order valence-corrected chi connectivity index (χ1v) is 10.2. The number of carbonyl (C=O) groups excluding carboxylic acids is 1. The molecule has 6 heteroatoms. The van der Waals surface area contributed by atoms with Gasteiger partial charge in [0.1, 0.15) is 23.2 Å². The van der Waals surface area contributed by atoms with Gasteiger partial charge in [0, 0.05) is 22.8 Å². The number of para-hydroxylation sites is 1. The zero-order valence-electron chi connectivity index (χ0n) is 15.9. The van der Waals surface area contributed by atoms with Gasteiger partial charge in [-0.2, -0.15) is 0 Å². The molecular weight excluding hydrogens is 398 g/mol. The third kappa shape index (κ3) is 4.74. The number of pyridine rings is 1. The van der Waals surface area contributed by atoms with Gasteiger partial charge in [-0.3, -0.25) is 9.78 Å². The van der Waals surface area contributed by atoms with E-state index in [9.17, 15) is 9.90 Å². The topological polar surface area (TPSA) is 68.7 Å². The molecule has 0 aliphatic carbocycles. The van der Waals surface area contributed by atoms with Gasteiger partial charge in [-0.1, -0.05) is 30.3 Å². The molecule has 0 bridgehead atoms. The van der Waals surface area contributed by atoms with Crippen molar-refractivity contribution in [2.75, 3.05) is 0 Å². The molecular formula is C24H19NO4S. The quantitative estimate of drug-likeness (QED) is 0.324. The second-order valence-electron chi connectivity index (χ2n) is 6.53. The predicted octanol–water partition coefficient (Wildman–Crippen LogP) is 5.36. The Morgan fingerprint density at radius 2 is 1.60 bits per heavy atom. The minimum atomic E-state index is -1.06. The summed E-state index contributed by atoms with van der Waals surface area (Å²) in [6.07, 6.45) is 2.10. The zero-order valence-corrected chi connectivity index (χ0v) is 16.7. The molecule has 4 rings (SSSR count). The summed E-state index contributed by atoms with van der Waals surface area (Å²) in [5.41, 5.74) is 0.555. The Morgan fingerprint density at radius 1 is 0.867 bits per heavy atom. The van der Waals surface area contributed by atoms with Crippen LogP contribution in [-0.4, -0.2) is 16.1 Å². The smallest absolute Gasteiger partial charge is 0.322 e. The summed E-state index contributed by atoms with van der Waals surface area (Å²) in [5.74, 6) is 0.339. The highest BCUT2D eigenvalue weighted by molar-refractivity contribution is 7.10. The number of aliphatic hydroxyl groups is 1. The molecule has 150 valence electrons. The number of rotatable bonds is 7. The summed E-state index contributed by atoms with van der Waals surface area (Å²) < 4.78 is 11.3. The molecule has 0 aliphatic heterocycles. The van der Waals surface area contributed by atoms with Gasteiger partial charge in [-0.05, 0) is 53.9 Å². The lowest BCUT2D eigenvalue weighted by molar-refractivity contribution is -0.138. The van der Waals surface area contributed by atoms with Crippen LogP contribution < -0.4 is 9.47 Å². The number of esters is 1. The van der Waals surface area contributed by atoms with Gasteiger partial charge in [0.15, 0.2) is 0 Å². The molecule has 0 saturated heterocycles. The Labute approximate surface area is 178 Å². The number of ether oxygens (including phenoxy) is 2. The summed E-state index contributed by atoms with van der Waals surface area (Å²) in [6.45, 7) is 0. The molecule has 30 heavy (non-hydrogen) atoms. The van der Waals surface area contributed by atoms with Gasteiger partial charge in [0.25, 0.3) is 0 Å². The minimum absolute atomic E-state index is 0.375. The van der Waals surface area contributed by atoms with Crippen LogP contribution in [0.25, 0.3) is 0 Å². The van der Waals surface area contributed by atoms with Gasteiger partial charge < -0.3 is 14.6 Å². The molecule has 2 atom stereocenters. The standard InChI is InChI=1S/C24H19NO4S/c26-23(17-6-4-14-25-16-17)22(21-9-5-15-30-21)24(27)29-20-12-10-19(11-13-20)28-18-7-2-1-3-8-18/h1-16,22-23,26H. The number of thiophene rings is 1. The number of benzene rings is 2. The van der Waals surface area contributed by atoms with Crippen molar-refractivity contribution in [2.24, 2.45) is 0 Å². The lowest BCUT2D eigenvalue weighted by atomic mass is 9.95. The van der Waals surface area contributed by atoms with Crippen LogP contribution in [0.2, 0.25) is 0 Å². The maximum Gasteiger partial charge on any atom is 0.322 e. The second-order valence-corrected chi connectivity index (χ2v) is 7.51. The number of hydrogen-bond acceptors (Lipinski definition) is 6. The van der Waals surface area contributed by atoms with E-state index in [4.69, 9.17) is 9.47 Å². The molecule has 5 nitrogen and oxygen atoms in total. The first kappa shape index (κ1) is 19.8. The normalized spacial score (nSPS) is 12.7. The van der Waals surface area contributed by atoms with E-state index in [0.717, 1.165) is 10.6 Å². The van der Waals surface area contributed by atoms with Crippen LogP contribution in [-0.2, 0) is 4.79 Å². The molecule has 2 unspecified atom stereocenters. The SMILES string of the molecule is O=C(Oc1ccc(Oc2ccccc2)cc1)C(c1cccs1)C(O)c1cccnc1. The van der Waals surface area contributed by atoms with Crippen LogP contribution in [0.4, 0.5) is 0 Å². The second kappa shape index (κ2) is 9.35. The molecule has 0 spiro atoms. The van der Waals surface area contributed by atoms with Crippen molar-refractivity contribution in [3.05, 3.63) is 107 Å². The first-order valence-electron chi connectivity index (χ1n) is 9.37. The van der Waals surface area contributed by atoms with Crippen molar-refractivity contribution in [3.8, 4) is 17.2 Å². The van der Waals surface area contributed by atoms with Crippen LogP contribution in [0.1, 0.15) is 22.5 Å². The van der Waals surface area contributed by atoms with Crippen molar-refractivity contribution >= 4 is 17.3 Å². The van der Waals surface area contributed by atoms with Gasteiger partial charge in [-0.15, -0.1) is 11.3 Å². The van der Waals surface area contributed by atoms with Crippen LogP contribution >= 0.6 is 11.3 Å². The van der Waals surface area contributed by atoms with Gasteiger partial charge in [0.05, 0.1) is 6.10 Å². The average molecular weight is 417 g/mol. The van der Waals surface area contributed by atoms with Gasteiger partial charge in [0.2, 0.25) is 0 Å². The maximum absolute atomic E-state index is 13.0. The van der Waals surface area contributed by atoms with Crippen LogP contribution in [0.5, 0.6) is 17.2 Å². The van der Waals surface area contributed by atoms with Crippen molar-refractivity contribution < 1.29 is 19.4 Å². The van der Waals surface area contributed by atoms with Gasteiger partial charge >= 0.3 is 5.97 Å². The fourth-order valence-electron chi connectivity index (χ4n) is 2.99.